The van der Waals surface area contributed by atoms with Crippen LogP contribution in [-0.2, 0) is 19.3 Å². The van der Waals surface area contributed by atoms with Crippen molar-refractivity contribution in [2.75, 3.05) is 11.9 Å². The van der Waals surface area contributed by atoms with E-state index in [2.05, 4.69) is 12.2 Å². The van der Waals surface area contributed by atoms with Gasteiger partial charge in [0.1, 0.15) is 0 Å². The molecule has 0 aliphatic heterocycles. The molecule has 0 radical (unpaired) electrons. The first-order valence-corrected chi connectivity index (χ1v) is 10.3. The number of carbonyl (C=O) groups excluding carboxylic acids is 1. The number of hydrogen-bond donors (Lipinski definition) is 1. The quantitative estimate of drug-likeness (QED) is 0.443. The summed E-state index contributed by atoms with van der Waals surface area (Å²) in [6, 6.07) is 18.1. The maximum absolute atomic E-state index is 13.0. The third-order valence-electron chi connectivity index (χ3n) is 4.98. The molecule has 4 nitrogen and oxygen atoms in total. The highest BCUT2D eigenvalue weighted by Crippen LogP contribution is 2.29. The van der Waals surface area contributed by atoms with Crippen LogP contribution in [-0.4, -0.2) is 22.0 Å². The first kappa shape index (κ1) is 22.5. The van der Waals surface area contributed by atoms with E-state index in [9.17, 15) is 18.0 Å². The summed E-state index contributed by atoms with van der Waals surface area (Å²) in [5, 5.41) is 2.91. The van der Waals surface area contributed by atoms with Gasteiger partial charge < -0.3 is 14.8 Å². The fourth-order valence-electron chi connectivity index (χ4n) is 3.31. The fourth-order valence-corrected chi connectivity index (χ4v) is 3.31. The van der Waals surface area contributed by atoms with Gasteiger partial charge in [0, 0.05) is 30.7 Å². The lowest BCUT2D eigenvalue weighted by atomic mass is 10.1. The van der Waals surface area contributed by atoms with E-state index in [1.54, 1.807) is 11.0 Å². The fraction of sp³-hybridized carbons (Fsp3) is 0.292. The van der Waals surface area contributed by atoms with Crippen LogP contribution >= 0.6 is 0 Å². The second-order valence-corrected chi connectivity index (χ2v) is 7.40. The van der Waals surface area contributed by atoms with Crippen LogP contribution in [0.25, 0.3) is 0 Å². The molecule has 0 saturated heterocycles. The molecule has 1 aromatic heterocycles. The maximum atomic E-state index is 13.0. The van der Waals surface area contributed by atoms with Crippen molar-refractivity contribution < 1.29 is 18.0 Å². The highest BCUT2D eigenvalue weighted by Gasteiger charge is 2.30. The number of nitrogens with zero attached hydrogens (tertiary/aromatic N) is 2. The number of aromatic nitrogens is 1. The molecule has 0 saturated carbocycles. The van der Waals surface area contributed by atoms with E-state index >= 15 is 0 Å². The van der Waals surface area contributed by atoms with Gasteiger partial charge >= 0.3 is 12.2 Å². The van der Waals surface area contributed by atoms with E-state index in [0.29, 0.717) is 30.9 Å². The van der Waals surface area contributed by atoms with Crippen molar-refractivity contribution in [3.63, 3.8) is 0 Å². The molecule has 7 heteroatoms. The predicted molar refractivity (Wildman–Crippen MR) is 116 cm³/mol. The first-order chi connectivity index (χ1) is 14.9. The second-order valence-electron chi connectivity index (χ2n) is 7.40. The molecule has 164 valence electrons. The predicted octanol–water partition coefficient (Wildman–Crippen LogP) is 6.39. The molecule has 0 aliphatic carbocycles. The summed E-state index contributed by atoms with van der Waals surface area (Å²) < 4.78 is 41.0. The molecule has 0 bridgehead atoms. The average Bonchev–Trinajstić information content (AvgIpc) is 3.18. The van der Waals surface area contributed by atoms with Gasteiger partial charge in [-0.15, -0.1) is 0 Å². The normalized spacial score (nSPS) is 11.4. The summed E-state index contributed by atoms with van der Waals surface area (Å²) in [6.45, 7) is 3.31. The van der Waals surface area contributed by atoms with Crippen LogP contribution in [0, 0.1) is 0 Å². The number of hydrogen-bond acceptors (Lipinski definition) is 1. The van der Waals surface area contributed by atoms with E-state index in [0.717, 1.165) is 24.6 Å². The average molecular weight is 429 g/mol. The van der Waals surface area contributed by atoms with Gasteiger partial charge in [-0.1, -0.05) is 43.7 Å². The SMILES string of the molecule is CCCCN(Cc1cccn1Cc1cccc(C(F)(F)F)c1)C(=O)Nc1ccccc1. The number of alkyl halides is 3. The van der Waals surface area contributed by atoms with E-state index in [-0.39, 0.29) is 6.03 Å². The molecule has 1 N–H and O–H groups in total. The minimum absolute atomic E-state index is 0.202. The van der Waals surface area contributed by atoms with E-state index in [1.807, 2.05) is 53.2 Å². The van der Waals surface area contributed by atoms with Crippen LogP contribution in [0.15, 0.2) is 72.9 Å². The topological polar surface area (TPSA) is 37.3 Å². The lowest BCUT2D eigenvalue weighted by Crippen LogP contribution is -2.35. The van der Waals surface area contributed by atoms with E-state index in [1.165, 1.54) is 12.1 Å². The van der Waals surface area contributed by atoms with E-state index in [4.69, 9.17) is 0 Å². The molecular formula is C24H26F3N3O. The number of halogens is 3. The van der Waals surface area contributed by atoms with Gasteiger partial charge in [-0.2, -0.15) is 13.2 Å². The number of unbranched alkanes of at least 4 members (excludes halogenated alkanes) is 1. The molecule has 3 rings (SSSR count). The smallest absolute Gasteiger partial charge is 0.345 e. The van der Waals surface area contributed by atoms with Gasteiger partial charge in [0.25, 0.3) is 0 Å². The summed E-state index contributed by atoms with van der Waals surface area (Å²) in [5.41, 5.74) is 1.47. The lowest BCUT2D eigenvalue weighted by molar-refractivity contribution is -0.137. The van der Waals surface area contributed by atoms with Crippen LogP contribution in [0.4, 0.5) is 23.7 Å². The highest BCUT2D eigenvalue weighted by atomic mass is 19.4. The van der Waals surface area contributed by atoms with Crippen molar-refractivity contribution >= 4 is 11.7 Å². The Morgan fingerprint density at radius 2 is 1.81 bits per heavy atom. The van der Waals surface area contributed by atoms with Crippen molar-refractivity contribution in [3.05, 3.63) is 89.7 Å². The van der Waals surface area contributed by atoms with Gasteiger partial charge in [-0.25, -0.2) is 4.79 Å². The van der Waals surface area contributed by atoms with Gasteiger partial charge in [0.2, 0.25) is 0 Å². The Labute approximate surface area is 180 Å². The zero-order chi connectivity index (χ0) is 22.3. The van der Waals surface area contributed by atoms with Crippen LogP contribution in [0.3, 0.4) is 0 Å². The van der Waals surface area contributed by atoms with Gasteiger partial charge in [-0.3, -0.25) is 0 Å². The van der Waals surface area contributed by atoms with Crippen LogP contribution in [0.5, 0.6) is 0 Å². The van der Waals surface area contributed by atoms with Crippen LogP contribution in [0.2, 0.25) is 0 Å². The number of anilines is 1. The Morgan fingerprint density at radius 3 is 2.52 bits per heavy atom. The molecular weight excluding hydrogens is 403 g/mol. The van der Waals surface area contributed by atoms with Crippen LogP contribution in [0.1, 0.15) is 36.6 Å². The first-order valence-electron chi connectivity index (χ1n) is 10.3. The molecule has 1 heterocycles. The van der Waals surface area contributed by atoms with Crippen molar-refractivity contribution in [3.8, 4) is 0 Å². The Balaban J connectivity index is 1.74. The third kappa shape index (κ3) is 6.38. The third-order valence-corrected chi connectivity index (χ3v) is 4.98. The maximum Gasteiger partial charge on any atom is 0.416 e. The Kier molecular flexibility index (Phi) is 7.39. The number of amides is 2. The number of carbonyl (C=O) groups is 1. The van der Waals surface area contributed by atoms with Gasteiger partial charge in [0.05, 0.1) is 12.1 Å². The summed E-state index contributed by atoms with van der Waals surface area (Å²) in [7, 11) is 0. The van der Waals surface area contributed by atoms with Crippen molar-refractivity contribution in [1.82, 2.24) is 9.47 Å². The summed E-state index contributed by atoms with van der Waals surface area (Å²) in [4.78, 5) is 14.6. The zero-order valence-corrected chi connectivity index (χ0v) is 17.4. The monoisotopic (exact) mass is 429 g/mol. The summed E-state index contributed by atoms with van der Waals surface area (Å²) >= 11 is 0. The lowest BCUT2D eigenvalue weighted by Gasteiger charge is -2.24. The largest absolute Gasteiger partial charge is 0.416 e. The number of rotatable bonds is 8. The molecule has 0 fully saturated rings. The summed E-state index contributed by atoms with van der Waals surface area (Å²) in [6.07, 6.45) is -0.748. The molecule has 3 aromatic rings. The molecule has 0 unspecified atom stereocenters. The second kappa shape index (κ2) is 10.2. The van der Waals surface area contributed by atoms with Crippen molar-refractivity contribution in [2.45, 2.75) is 39.0 Å². The standard InChI is InChI=1S/C24H26F3N3O/c1-2-3-14-30(23(31)28-21-11-5-4-6-12-21)18-22-13-8-15-29(22)17-19-9-7-10-20(16-19)24(25,26)27/h4-13,15-16H,2-3,14,17-18H2,1H3,(H,28,31). The molecule has 0 spiro atoms. The van der Waals surface area contributed by atoms with Crippen LogP contribution < -0.4 is 5.32 Å². The molecule has 31 heavy (non-hydrogen) atoms. The van der Waals surface area contributed by atoms with Gasteiger partial charge in [0.15, 0.2) is 0 Å². The molecule has 0 aliphatic rings. The van der Waals surface area contributed by atoms with Crippen molar-refractivity contribution in [2.24, 2.45) is 0 Å². The van der Waals surface area contributed by atoms with E-state index < -0.39 is 11.7 Å². The summed E-state index contributed by atoms with van der Waals surface area (Å²) in [5.74, 6) is 0. The van der Waals surface area contributed by atoms with Gasteiger partial charge in [-0.05, 0) is 48.4 Å². The molecule has 2 aromatic carbocycles. The minimum atomic E-state index is -4.37. The zero-order valence-electron chi connectivity index (χ0n) is 17.4. The number of urea groups is 1. The number of nitrogens with one attached hydrogen (secondary N) is 1. The minimum Gasteiger partial charge on any atom is -0.345 e. The molecule has 2 amide bonds. The number of para-hydroxylation sites is 1. The Morgan fingerprint density at radius 1 is 1.03 bits per heavy atom. The Hall–Kier alpha value is -3.22. The van der Waals surface area contributed by atoms with Crippen molar-refractivity contribution in [1.29, 1.82) is 0 Å². The number of benzene rings is 2. The highest BCUT2D eigenvalue weighted by molar-refractivity contribution is 5.89. The Bertz CT molecular complexity index is 983. The molecule has 0 atom stereocenters.